The van der Waals surface area contributed by atoms with E-state index < -0.39 is 15.8 Å². The SMILES string of the molecule is CC1(C)C2=CCCC(P(c3ccccc3)c3ccccc3)=C2Oc2c(P(c3ccccc3)c3ccccc3)cccc21. The Kier molecular flexibility index (Phi) is 7.41. The monoisotopic (exact) mass is 580 g/mol. The number of hydrogen-bond donors (Lipinski definition) is 0. The number of rotatable bonds is 6. The number of ether oxygens (including phenoxy) is 1. The van der Waals surface area contributed by atoms with Gasteiger partial charge in [-0.1, -0.05) is 159 Å². The van der Waals surface area contributed by atoms with E-state index >= 15 is 0 Å². The molecule has 5 aromatic carbocycles. The van der Waals surface area contributed by atoms with Crippen LogP contribution in [0.25, 0.3) is 0 Å². The van der Waals surface area contributed by atoms with Gasteiger partial charge in [0, 0.05) is 27.2 Å². The Balaban J connectivity index is 1.46. The zero-order chi connectivity index (χ0) is 28.5. The van der Waals surface area contributed by atoms with Crippen LogP contribution in [0.5, 0.6) is 5.75 Å². The molecule has 0 unspecified atom stereocenters. The van der Waals surface area contributed by atoms with Crippen LogP contribution in [0.2, 0.25) is 0 Å². The van der Waals surface area contributed by atoms with Gasteiger partial charge in [0.05, 0.1) is 0 Å². The molecule has 0 aromatic heterocycles. The maximum absolute atomic E-state index is 7.31. The maximum atomic E-state index is 7.31. The van der Waals surface area contributed by atoms with Crippen LogP contribution in [-0.4, -0.2) is 0 Å². The molecule has 3 heteroatoms. The predicted octanol–water partition coefficient (Wildman–Crippen LogP) is 8.18. The minimum absolute atomic E-state index is 0.173. The average Bonchev–Trinajstić information content (AvgIpc) is 3.04. The lowest BCUT2D eigenvalue weighted by Gasteiger charge is -2.42. The van der Waals surface area contributed by atoms with Crippen molar-refractivity contribution < 1.29 is 4.74 Å². The zero-order valence-electron chi connectivity index (χ0n) is 24.1. The second kappa shape index (κ2) is 11.5. The molecule has 7 rings (SSSR count). The van der Waals surface area contributed by atoms with Gasteiger partial charge >= 0.3 is 0 Å². The summed E-state index contributed by atoms with van der Waals surface area (Å²) < 4.78 is 7.31. The fourth-order valence-corrected chi connectivity index (χ4v) is 11.3. The first-order chi connectivity index (χ1) is 20.6. The van der Waals surface area contributed by atoms with Crippen molar-refractivity contribution in [2.24, 2.45) is 0 Å². The second-order valence-electron chi connectivity index (χ2n) is 11.3. The summed E-state index contributed by atoms with van der Waals surface area (Å²) in [6.45, 7) is 4.76. The van der Waals surface area contributed by atoms with E-state index in [-0.39, 0.29) is 5.41 Å². The molecule has 0 spiro atoms. The summed E-state index contributed by atoms with van der Waals surface area (Å²) in [5, 5.41) is 8.15. The third-order valence-corrected chi connectivity index (χ3v) is 13.4. The van der Waals surface area contributed by atoms with Gasteiger partial charge in [-0.15, -0.1) is 0 Å². The number of fused-ring (bicyclic) bond motifs is 2. The fourth-order valence-electron chi connectivity index (χ4n) is 6.32. The van der Waals surface area contributed by atoms with Gasteiger partial charge in [0.2, 0.25) is 0 Å². The number of allylic oxidation sites excluding steroid dienone is 3. The largest absolute Gasteiger partial charge is 0.456 e. The van der Waals surface area contributed by atoms with Crippen molar-refractivity contribution >= 4 is 42.4 Å². The van der Waals surface area contributed by atoms with Crippen LogP contribution in [-0.2, 0) is 5.41 Å². The Morgan fingerprint density at radius 2 is 1.02 bits per heavy atom. The van der Waals surface area contributed by atoms with Gasteiger partial charge < -0.3 is 4.74 Å². The quantitative estimate of drug-likeness (QED) is 0.184. The standard InChI is InChI=1S/C39H34OP2/c1-39(2)33-25-15-27-35(41(29-17-7-3-8-18-29)30-19-9-4-10-20-30)37(33)40-38-34(39)26-16-28-36(38)42(31-21-11-5-12-22-31)32-23-13-6-14-24-32/h3-15,17-27H,16,28H2,1-2H3. The normalized spacial score (nSPS) is 15.6. The summed E-state index contributed by atoms with van der Waals surface area (Å²) >= 11 is 0. The van der Waals surface area contributed by atoms with Crippen molar-refractivity contribution in [3.05, 3.63) is 168 Å². The Labute approximate surface area is 252 Å². The van der Waals surface area contributed by atoms with E-state index in [2.05, 4.69) is 159 Å². The smallest absolute Gasteiger partial charge is 0.139 e. The van der Waals surface area contributed by atoms with E-state index in [1.807, 2.05) is 0 Å². The summed E-state index contributed by atoms with van der Waals surface area (Å²) in [5.74, 6) is 2.14. The summed E-state index contributed by atoms with van der Waals surface area (Å²) in [5.41, 5.74) is 2.43. The summed E-state index contributed by atoms with van der Waals surface area (Å²) in [4.78, 5) is 0. The molecule has 0 saturated heterocycles. The molecule has 0 saturated carbocycles. The molecule has 0 fully saturated rings. The van der Waals surface area contributed by atoms with Gasteiger partial charge in [0.15, 0.2) is 0 Å². The molecule has 1 nitrogen and oxygen atoms in total. The molecular formula is C39H34OP2. The third-order valence-electron chi connectivity index (χ3n) is 8.35. The van der Waals surface area contributed by atoms with Gasteiger partial charge in [0.25, 0.3) is 0 Å². The van der Waals surface area contributed by atoms with Crippen molar-refractivity contribution in [1.29, 1.82) is 0 Å². The van der Waals surface area contributed by atoms with Crippen LogP contribution in [0.3, 0.4) is 0 Å². The second-order valence-corrected chi connectivity index (χ2v) is 15.8. The van der Waals surface area contributed by atoms with E-state index in [1.165, 1.54) is 43.0 Å². The Hall–Kier alpha value is -3.76. The van der Waals surface area contributed by atoms with E-state index in [1.54, 1.807) is 0 Å². The van der Waals surface area contributed by atoms with E-state index in [4.69, 9.17) is 4.74 Å². The van der Waals surface area contributed by atoms with Crippen LogP contribution < -0.4 is 31.3 Å². The highest BCUT2D eigenvalue weighted by Gasteiger charge is 2.42. The maximum Gasteiger partial charge on any atom is 0.139 e. The Bertz CT molecular complexity index is 1680. The minimum Gasteiger partial charge on any atom is -0.456 e. The molecule has 0 bridgehead atoms. The lowest BCUT2D eigenvalue weighted by atomic mass is 9.73. The molecule has 206 valence electrons. The van der Waals surface area contributed by atoms with E-state index in [9.17, 15) is 0 Å². The molecule has 2 aliphatic rings. The van der Waals surface area contributed by atoms with Gasteiger partial charge in [-0.05, 0) is 49.9 Å². The van der Waals surface area contributed by atoms with Crippen molar-refractivity contribution in [1.82, 2.24) is 0 Å². The first kappa shape index (κ1) is 27.1. The van der Waals surface area contributed by atoms with Crippen molar-refractivity contribution in [2.45, 2.75) is 32.1 Å². The van der Waals surface area contributed by atoms with Gasteiger partial charge in [-0.3, -0.25) is 0 Å². The fraction of sp³-hybridized carbons (Fsp3) is 0.128. The van der Waals surface area contributed by atoms with Gasteiger partial charge in [-0.2, -0.15) is 0 Å². The molecule has 1 aliphatic heterocycles. The average molecular weight is 581 g/mol. The van der Waals surface area contributed by atoms with Crippen molar-refractivity contribution in [3.63, 3.8) is 0 Å². The predicted molar refractivity (Wildman–Crippen MR) is 182 cm³/mol. The molecule has 5 aromatic rings. The van der Waals surface area contributed by atoms with Crippen LogP contribution in [0, 0.1) is 0 Å². The summed E-state index contributed by atoms with van der Waals surface area (Å²) in [6.07, 6.45) is 4.48. The number of para-hydroxylation sites is 1. The van der Waals surface area contributed by atoms with E-state index in [0.717, 1.165) is 24.4 Å². The Morgan fingerprint density at radius 1 is 0.548 bits per heavy atom. The van der Waals surface area contributed by atoms with Crippen LogP contribution in [0.1, 0.15) is 32.3 Å². The first-order valence-corrected chi connectivity index (χ1v) is 17.4. The highest BCUT2D eigenvalue weighted by atomic mass is 31.1. The van der Waals surface area contributed by atoms with Crippen molar-refractivity contribution in [2.75, 3.05) is 0 Å². The Morgan fingerprint density at radius 3 is 1.52 bits per heavy atom. The molecule has 1 aliphatic carbocycles. The van der Waals surface area contributed by atoms with Gasteiger partial charge in [-0.25, -0.2) is 0 Å². The molecular weight excluding hydrogens is 546 g/mol. The molecule has 0 atom stereocenters. The molecule has 0 amide bonds. The lowest BCUT2D eigenvalue weighted by molar-refractivity contribution is 0.367. The molecule has 0 radical (unpaired) electrons. The molecule has 0 N–H and O–H groups in total. The minimum atomic E-state index is -0.806. The highest BCUT2D eigenvalue weighted by Crippen LogP contribution is 2.56. The summed E-state index contributed by atoms with van der Waals surface area (Å²) in [6, 6.07) is 50.8. The van der Waals surface area contributed by atoms with Crippen LogP contribution in [0.4, 0.5) is 0 Å². The first-order valence-electron chi connectivity index (χ1n) is 14.7. The van der Waals surface area contributed by atoms with Crippen LogP contribution >= 0.6 is 15.8 Å². The third kappa shape index (κ3) is 4.86. The zero-order valence-corrected chi connectivity index (χ0v) is 25.9. The molecule has 42 heavy (non-hydrogen) atoms. The highest BCUT2D eigenvalue weighted by molar-refractivity contribution is 7.80. The molecule has 1 heterocycles. The van der Waals surface area contributed by atoms with Gasteiger partial charge in [0.1, 0.15) is 11.5 Å². The number of benzene rings is 5. The topological polar surface area (TPSA) is 9.23 Å². The van der Waals surface area contributed by atoms with Crippen LogP contribution in [0.15, 0.2) is 162 Å². The number of hydrogen-bond acceptors (Lipinski definition) is 1. The lowest BCUT2D eigenvalue weighted by Crippen LogP contribution is -2.34. The summed E-state index contributed by atoms with van der Waals surface area (Å²) in [7, 11) is -1.54. The van der Waals surface area contributed by atoms with E-state index in [0.29, 0.717) is 0 Å². The van der Waals surface area contributed by atoms with Crippen molar-refractivity contribution in [3.8, 4) is 5.75 Å².